The summed E-state index contributed by atoms with van der Waals surface area (Å²) < 4.78 is 1.67. The number of hydrogen-bond acceptors (Lipinski definition) is 3. The van der Waals surface area contributed by atoms with Gasteiger partial charge in [-0.25, -0.2) is 9.50 Å². The Hall–Kier alpha value is -2.69. The molecular formula is C18H18N4O. The number of fused-ring (bicyclic) bond motifs is 1. The highest BCUT2D eigenvalue weighted by molar-refractivity contribution is 6.07. The molecule has 1 aliphatic rings. The van der Waals surface area contributed by atoms with Gasteiger partial charge in [0.25, 0.3) is 5.91 Å². The number of aromatic nitrogens is 3. The molecule has 0 radical (unpaired) electrons. The summed E-state index contributed by atoms with van der Waals surface area (Å²) in [5.41, 5.74) is 5.38. The van der Waals surface area contributed by atoms with E-state index in [4.69, 9.17) is 0 Å². The van der Waals surface area contributed by atoms with Crippen LogP contribution in [0.4, 0.5) is 5.69 Å². The third-order valence-corrected chi connectivity index (χ3v) is 4.37. The van der Waals surface area contributed by atoms with Crippen molar-refractivity contribution in [1.29, 1.82) is 0 Å². The number of hydrogen-bond donors (Lipinski definition) is 1. The van der Waals surface area contributed by atoms with Gasteiger partial charge in [-0.2, -0.15) is 5.10 Å². The largest absolute Gasteiger partial charge is 0.319 e. The number of aryl methyl sites for hydroxylation is 2. The van der Waals surface area contributed by atoms with E-state index in [1.165, 1.54) is 19.2 Å². The zero-order valence-electron chi connectivity index (χ0n) is 13.2. The molecule has 0 aliphatic heterocycles. The fourth-order valence-corrected chi connectivity index (χ4v) is 2.93. The Balaban J connectivity index is 1.74. The Labute approximate surface area is 134 Å². The van der Waals surface area contributed by atoms with E-state index in [0.717, 1.165) is 27.9 Å². The van der Waals surface area contributed by atoms with Gasteiger partial charge < -0.3 is 5.32 Å². The molecule has 1 aromatic carbocycles. The molecular weight excluding hydrogens is 288 g/mol. The van der Waals surface area contributed by atoms with Gasteiger partial charge in [-0.1, -0.05) is 17.7 Å². The van der Waals surface area contributed by atoms with Crippen LogP contribution in [-0.4, -0.2) is 20.5 Å². The SMILES string of the molecule is Cc1ccc(C2CC2)c(C(=O)Nc2c(C)ccn3ncnc23)c1. The van der Waals surface area contributed by atoms with Crippen molar-refractivity contribution in [2.75, 3.05) is 5.32 Å². The van der Waals surface area contributed by atoms with Crippen LogP contribution in [-0.2, 0) is 0 Å². The Kier molecular flexibility index (Phi) is 3.15. The van der Waals surface area contributed by atoms with E-state index in [1.54, 1.807) is 4.52 Å². The number of nitrogens with zero attached hydrogens (tertiary/aromatic N) is 3. The molecule has 1 amide bonds. The highest BCUT2D eigenvalue weighted by Crippen LogP contribution is 2.42. The van der Waals surface area contributed by atoms with Crippen LogP contribution in [0.3, 0.4) is 0 Å². The van der Waals surface area contributed by atoms with Gasteiger partial charge in [0.05, 0.1) is 5.69 Å². The maximum atomic E-state index is 12.9. The normalized spacial score (nSPS) is 14.2. The highest BCUT2D eigenvalue weighted by Gasteiger charge is 2.28. The first-order chi connectivity index (χ1) is 11.1. The maximum absolute atomic E-state index is 12.9. The first kappa shape index (κ1) is 13.9. The average molecular weight is 306 g/mol. The lowest BCUT2D eigenvalue weighted by Crippen LogP contribution is -2.16. The first-order valence-corrected chi connectivity index (χ1v) is 7.84. The number of rotatable bonds is 3. The van der Waals surface area contributed by atoms with Crippen molar-refractivity contribution >= 4 is 17.2 Å². The smallest absolute Gasteiger partial charge is 0.256 e. The van der Waals surface area contributed by atoms with Gasteiger partial charge in [0.2, 0.25) is 0 Å². The molecule has 2 aromatic heterocycles. The van der Waals surface area contributed by atoms with Gasteiger partial charge >= 0.3 is 0 Å². The monoisotopic (exact) mass is 306 g/mol. The summed E-state index contributed by atoms with van der Waals surface area (Å²) in [5.74, 6) is 0.455. The number of carbonyl (C=O) groups is 1. The zero-order chi connectivity index (χ0) is 16.0. The third kappa shape index (κ3) is 2.48. The summed E-state index contributed by atoms with van der Waals surface area (Å²) in [4.78, 5) is 17.1. The van der Waals surface area contributed by atoms with E-state index in [9.17, 15) is 4.79 Å². The molecule has 116 valence electrons. The molecule has 0 unspecified atom stereocenters. The van der Waals surface area contributed by atoms with Crippen LogP contribution in [0, 0.1) is 13.8 Å². The van der Waals surface area contributed by atoms with Crippen LogP contribution < -0.4 is 5.32 Å². The van der Waals surface area contributed by atoms with E-state index in [-0.39, 0.29) is 5.91 Å². The van der Waals surface area contributed by atoms with Crippen molar-refractivity contribution in [2.24, 2.45) is 0 Å². The molecule has 3 aromatic rings. The highest BCUT2D eigenvalue weighted by atomic mass is 16.1. The summed E-state index contributed by atoms with van der Waals surface area (Å²) in [6.45, 7) is 3.97. The molecule has 0 bridgehead atoms. The summed E-state index contributed by atoms with van der Waals surface area (Å²) in [6, 6.07) is 8.07. The second kappa shape index (κ2) is 5.19. The lowest BCUT2D eigenvalue weighted by Gasteiger charge is -2.13. The van der Waals surface area contributed by atoms with Crippen LogP contribution in [0.25, 0.3) is 5.65 Å². The molecule has 5 heteroatoms. The summed E-state index contributed by atoms with van der Waals surface area (Å²) >= 11 is 0. The molecule has 1 fully saturated rings. The average Bonchev–Trinajstić information content (AvgIpc) is 3.27. The van der Waals surface area contributed by atoms with E-state index in [2.05, 4.69) is 27.5 Å². The Morgan fingerprint density at radius 3 is 2.87 bits per heavy atom. The number of nitrogens with one attached hydrogen (secondary N) is 1. The van der Waals surface area contributed by atoms with Gasteiger partial charge in [0.1, 0.15) is 6.33 Å². The zero-order valence-corrected chi connectivity index (χ0v) is 13.2. The lowest BCUT2D eigenvalue weighted by atomic mass is 10.00. The number of carbonyl (C=O) groups excluding carboxylic acids is 1. The van der Waals surface area contributed by atoms with Crippen molar-refractivity contribution in [1.82, 2.24) is 14.6 Å². The number of pyridine rings is 1. The molecule has 4 rings (SSSR count). The van der Waals surface area contributed by atoms with Gasteiger partial charge in [0.15, 0.2) is 5.65 Å². The summed E-state index contributed by atoms with van der Waals surface area (Å²) in [5, 5.41) is 7.17. The van der Waals surface area contributed by atoms with E-state index in [0.29, 0.717) is 11.6 Å². The first-order valence-electron chi connectivity index (χ1n) is 7.84. The van der Waals surface area contributed by atoms with Crippen molar-refractivity contribution < 1.29 is 4.79 Å². The number of anilines is 1. The van der Waals surface area contributed by atoms with Crippen LogP contribution >= 0.6 is 0 Å². The van der Waals surface area contributed by atoms with Gasteiger partial charge in [0, 0.05) is 11.8 Å². The van der Waals surface area contributed by atoms with E-state index in [1.807, 2.05) is 32.2 Å². The van der Waals surface area contributed by atoms with E-state index >= 15 is 0 Å². The van der Waals surface area contributed by atoms with Gasteiger partial charge in [-0.3, -0.25) is 4.79 Å². The van der Waals surface area contributed by atoms with Crippen LogP contribution in [0.2, 0.25) is 0 Å². The Morgan fingerprint density at radius 1 is 1.26 bits per heavy atom. The minimum absolute atomic E-state index is 0.0743. The Morgan fingerprint density at radius 2 is 2.09 bits per heavy atom. The van der Waals surface area contributed by atoms with Gasteiger partial charge in [-0.15, -0.1) is 0 Å². The van der Waals surface area contributed by atoms with Crippen LogP contribution in [0.1, 0.15) is 45.8 Å². The number of benzene rings is 1. The second-order valence-electron chi connectivity index (χ2n) is 6.22. The minimum atomic E-state index is -0.0743. The molecule has 0 spiro atoms. The topological polar surface area (TPSA) is 59.3 Å². The standard InChI is InChI=1S/C18H18N4O/c1-11-3-6-14(13-4-5-13)15(9-11)18(23)21-16-12(2)7-8-22-17(16)19-10-20-22/h3,6-10,13H,4-5H2,1-2H3,(H,21,23). The van der Waals surface area contributed by atoms with Crippen LogP contribution in [0.5, 0.6) is 0 Å². The van der Waals surface area contributed by atoms with Crippen LogP contribution in [0.15, 0.2) is 36.8 Å². The molecule has 1 N–H and O–H groups in total. The molecule has 23 heavy (non-hydrogen) atoms. The molecule has 0 atom stereocenters. The fourth-order valence-electron chi connectivity index (χ4n) is 2.93. The van der Waals surface area contributed by atoms with Crippen molar-refractivity contribution in [3.05, 3.63) is 59.0 Å². The molecule has 2 heterocycles. The van der Waals surface area contributed by atoms with Crippen molar-refractivity contribution in [3.8, 4) is 0 Å². The molecule has 0 saturated heterocycles. The summed E-state index contributed by atoms with van der Waals surface area (Å²) in [6.07, 6.45) is 5.67. The van der Waals surface area contributed by atoms with Gasteiger partial charge in [-0.05, 0) is 55.9 Å². The molecule has 1 saturated carbocycles. The summed E-state index contributed by atoms with van der Waals surface area (Å²) in [7, 11) is 0. The van der Waals surface area contributed by atoms with Crippen molar-refractivity contribution in [3.63, 3.8) is 0 Å². The molecule has 5 nitrogen and oxygen atoms in total. The maximum Gasteiger partial charge on any atom is 0.256 e. The quantitative estimate of drug-likeness (QED) is 0.806. The fraction of sp³-hybridized carbons (Fsp3) is 0.278. The second-order valence-corrected chi connectivity index (χ2v) is 6.22. The molecule has 1 aliphatic carbocycles. The minimum Gasteiger partial charge on any atom is -0.319 e. The predicted molar refractivity (Wildman–Crippen MR) is 88.8 cm³/mol. The van der Waals surface area contributed by atoms with Crippen molar-refractivity contribution in [2.45, 2.75) is 32.6 Å². The Bertz CT molecular complexity index is 909. The lowest BCUT2D eigenvalue weighted by molar-refractivity contribution is 0.102. The number of amides is 1. The predicted octanol–water partition coefficient (Wildman–Crippen LogP) is 3.48. The van der Waals surface area contributed by atoms with E-state index < -0.39 is 0 Å². The third-order valence-electron chi connectivity index (χ3n) is 4.37.